The molecule has 2 fully saturated rings. The lowest BCUT2D eigenvalue weighted by atomic mass is 10.3. The van der Waals surface area contributed by atoms with E-state index >= 15 is 0 Å². The standard InChI is InChI=1S/C16H25N5O3/c22-15(17-2-1-3-20-4-8-23-9-5-20)14-12-18-16(19-13-14)21-6-10-24-11-7-21/h12-13H,1-11H2,(H,17,22). The number of amides is 1. The van der Waals surface area contributed by atoms with Crippen LogP contribution in [0.1, 0.15) is 16.8 Å². The Balaban J connectivity index is 1.39. The lowest BCUT2D eigenvalue weighted by Gasteiger charge is -2.26. The van der Waals surface area contributed by atoms with Crippen molar-refractivity contribution in [3.8, 4) is 0 Å². The largest absolute Gasteiger partial charge is 0.379 e. The van der Waals surface area contributed by atoms with Crippen molar-refractivity contribution < 1.29 is 14.3 Å². The SMILES string of the molecule is O=C(NCCCN1CCOCC1)c1cnc(N2CCOCC2)nc1. The number of nitrogens with one attached hydrogen (secondary N) is 1. The number of anilines is 1. The van der Waals surface area contributed by atoms with Gasteiger partial charge in [-0.05, 0) is 13.0 Å². The number of hydrogen-bond donors (Lipinski definition) is 1. The van der Waals surface area contributed by atoms with Crippen LogP contribution in [0.4, 0.5) is 5.95 Å². The molecular weight excluding hydrogens is 310 g/mol. The predicted molar refractivity (Wildman–Crippen MR) is 89.3 cm³/mol. The molecular formula is C16H25N5O3. The molecule has 0 bridgehead atoms. The topological polar surface area (TPSA) is 79.8 Å². The Labute approximate surface area is 142 Å². The first kappa shape index (κ1) is 17.1. The number of rotatable bonds is 6. The van der Waals surface area contributed by atoms with E-state index in [9.17, 15) is 4.79 Å². The summed E-state index contributed by atoms with van der Waals surface area (Å²) in [5.41, 5.74) is 0.499. The molecule has 0 aliphatic carbocycles. The highest BCUT2D eigenvalue weighted by molar-refractivity contribution is 5.93. The number of carbonyl (C=O) groups excluding carboxylic acids is 1. The van der Waals surface area contributed by atoms with Gasteiger partial charge in [0.25, 0.3) is 5.91 Å². The van der Waals surface area contributed by atoms with Gasteiger partial charge in [-0.25, -0.2) is 9.97 Å². The molecule has 24 heavy (non-hydrogen) atoms. The molecule has 0 atom stereocenters. The Morgan fingerprint density at radius 1 is 1.04 bits per heavy atom. The lowest BCUT2D eigenvalue weighted by molar-refractivity contribution is 0.0374. The highest BCUT2D eigenvalue weighted by atomic mass is 16.5. The molecule has 1 aromatic heterocycles. The van der Waals surface area contributed by atoms with Gasteiger partial charge in [0.1, 0.15) is 0 Å². The van der Waals surface area contributed by atoms with E-state index in [1.807, 2.05) is 0 Å². The first-order valence-corrected chi connectivity index (χ1v) is 8.56. The third-order valence-corrected chi connectivity index (χ3v) is 4.23. The summed E-state index contributed by atoms with van der Waals surface area (Å²) in [5.74, 6) is 0.535. The molecule has 3 rings (SSSR count). The fraction of sp³-hybridized carbons (Fsp3) is 0.688. The van der Waals surface area contributed by atoms with Gasteiger partial charge in [-0.2, -0.15) is 0 Å². The van der Waals surface area contributed by atoms with Crippen LogP contribution in [0.3, 0.4) is 0 Å². The zero-order chi connectivity index (χ0) is 16.6. The lowest BCUT2D eigenvalue weighted by Crippen LogP contribution is -2.38. The second kappa shape index (κ2) is 8.91. The average molecular weight is 335 g/mol. The molecule has 132 valence electrons. The van der Waals surface area contributed by atoms with Gasteiger partial charge in [0, 0.05) is 45.1 Å². The summed E-state index contributed by atoms with van der Waals surface area (Å²) in [6.07, 6.45) is 4.11. The predicted octanol–water partition coefficient (Wildman–Crippen LogP) is -0.235. The Bertz CT molecular complexity index is 513. The molecule has 8 heteroatoms. The fourth-order valence-electron chi connectivity index (χ4n) is 2.80. The summed E-state index contributed by atoms with van der Waals surface area (Å²) in [4.78, 5) is 25.1. The Morgan fingerprint density at radius 2 is 1.67 bits per heavy atom. The van der Waals surface area contributed by atoms with E-state index in [0.29, 0.717) is 31.3 Å². The summed E-state index contributed by atoms with van der Waals surface area (Å²) >= 11 is 0. The molecule has 1 N–H and O–H groups in total. The number of carbonyl (C=O) groups is 1. The number of morpholine rings is 2. The van der Waals surface area contributed by atoms with Gasteiger partial charge in [0.05, 0.1) is 32.0 Å². The number of hydrogen-bond acceptors (Lipinski definition) is 7. The van der Waals surface area contributed by atoms with Gasteiger partial charge >= 0.3 is 0 Å². The van der Waals surface area contributed by atoms with Crippen LogP contribution in [-0.4, -0.2) is 86.5 Å². The molecule has 0 spiro atoms. The Hall–Kier alpha value is -1.77. The van der Waals surface area contributed by atoms with Crippen molar-refractivity contribution in [1.29, 1.82) is 0 Å². The average Bonchev–Trinajstić information content (AvgIpc) is 2.67. The molecule has 2 aliphatic rings. The van der Waals surface area contributed by atoms with Crippen molar-refractivity contribution in [2.45, 2.75) is 6.42 Å². The molecule has 1 amide bonds. The number of nitrogens with zero attached hydrogens (tertiary/aromatic N) is 4. The third-order valence-electron chi connectivity index (χ3n) is 4.23. The third kappa shape index (κ3) is 4.86. The molecule has 3 heterocycles. The van der Waals surface area contributed by atoms with E-state index in [-0.39, 0.29) is 5.91 Å². The smallest absolute Gasteiger partial charge is 0.254 e. The van der Waals surface area contributed by atoms with Crippen molar-refractivity contribution in [3.63, 3.8) is 0 Å². The van der Waals surface area contributed by atoms with Crippen LogP contribution in [0.2, 0.25) is 0 Å². The molecule has 0 saturated carbocycles. The highest BCUT2D eigenvalue weighted by Crippen LogP contribution is 2.09. The quantitative estimate of drug-likeness (QED) is 0.719. The summed E-state index contributed by atoms with van der Waals surface area (Å²) in [5, 5.41) is 2.93. The van der Waals surface area contributed by atoms with E-state index in [0.717, 1.165) is 52.4 Å². The van der Waals surface area contributed by atoms with Crippen molar-refractivity contribution >= 4 is 11.9 Å². The highest BCUT2D eigenvalue weighted by Gasteiger charge is 2.15. The minimum absolute atomic E-state index is 0.120. The van der Waals surface area contributed by atoms with E-state index < -0.39 is 0 Å². The van der Waals surface area contributed by atoms with E-state index in [4.69, 9.17) is 9.47 Å². The molecule has 0 radical (unpaired) electrons. The van der Waals surface area contributed by atoms with Crippen molar-refractivity contribution in [1.82, 2.24) is 20.2 Å². The Kier molecular flexibility index (Phi) is 6.33. The van der Waals surface area contributed by atoms with Gasteiger partial charge in [0.15, 0.2) is 0 Å². The van der Waals surface area contributed by atoms with Crippen molar-refractivity contribution in [2.24, 2.45) is 0 Å². The minimum atomic E-state index is -0.120. The summed E-state index contributed by atoms with van der Waals surface area (Å²) in [6, 6.07) is 0. The van der Waals surface area contributed by atoms with Crippen LogP contribution in [0, 0.1) is 0 Å². The van der Waals surface area contributed by atoms with Crippen LogP contribution < -0.4 is 10.2 Å². The summed E-state index contributed by atoms with van der Waals surface area (Å²) in [7, 11) is 0. The van der Waals surface area contributed by atoms with Gasteiger partial charge in [-0.3, -0.25) is 9.69 Å². The van der Waals surface area contributed by atoms with Crippen molar-refractivity contribution in [2.75, 3.05) is 70.6 Å². The second-order valence-corrected chi connectivity index (χ2v) is 5.93. The summed E-state index contributed by atoms with van der Waals surface area (Å²) < 4.78 is 10.6. The van der Waals surface area contributed by atoms with Crippen molar-refractivity contribution in [3.05, 3.63) is 18.0 Å². The molecule has 1 aromatic rings. The first-order valence-electron chi connectivity index (χ1n) is 8.56. The maximum Gasteiger partial charge on any atom is 0.254 e. The summed E-state index contributed by atoms with van der Waals surface area (Å²) in [6.45, 7) is 8.15. The Morgan fingerprint density at radius 3 is 2.33 bits per heavy atom. The zero-order valence-electron chi connectivity index (χ0n) is 13.9. The second-order valence-electron chi connectivity index (χ2n) is 5.93. The zero-order valence-corrected chi connectivity index (χ0v) is 13.9. The molecule has 0 aromatic carbocycles. The molecule has 2 aliphatic heterocycles. The van der Waals surface area contributed by atoms with Crippen LogP contribution in [0.25, 0.3) is 0 Å². The first-order chi connectivity index (χ1) is 11.8. The van der Waals surface area contributed by atoms with Gasteiger partial charge in [-0.15, -0.1) is 0 Å². The number of ether oxygens (including phenoxy) is 2. The van der Waals surface area contributed by atoms with Gasteiger partial charge in [0.2, 0.25) is 5.95 Å². The van der Waals surface area contributed by atoms with Crippen LogP contribution in [0.15, 0.2) is 12.4 Å². The van der Waals surface area contributed by atoms with E-state index in [2.05, 4.69) is 25.1 Å². The van der Waals surface area contributed by atoms with E-state index in [1.165, 1.54) is 0 Å². The molecule has 8 nitrogen and oxygen atoms in total. The van der Waals surface area contributed by atoms with Crippen LogP contribution in [0.5, 0.6) is 0 Å². The maximum atomic E-state index is 12.1. The van der Waals surface area contributed by atoms with Crippen LogP contribution in [-0.2, 0) is 9.47 Å². The van der Waals surface area contributed by atoms with Gasteiger partial charge < -0.3 is 19.7 Å². The van der Waals surface area contributed by atoms with Gasteiger partial charge in [-0.1, -0.05) is 0 Å². The van der Waals surface area contributed by atoms with Crippen LogP contribution >= 0.6 is 0 Å². The maximum absolute atomic E-state index is 12.1. The van der Waals surface area contributed by atoms with E-state index in [1.54, 1.807) is 12.4 Å². The minimum Gasteiger partial charge on any atom is -0.379 e. The number of aromatic nitrogens is 2. The molecule has 2 saturated heterocycles. The molecule has 0 unspecified atom stereocenters. The fourth-order valence-corrected chi connectivity index (χ4v) is 2.80. The monoisotopic (exact) mass is 335 g/mol. The normalized spacial score (nSPS) is 19.2.